The minimum absolute atomic E-state index is 0.0674. The first-order valence-electron chi connectivity index (χ1n) is 14.3. The Hall–Kier alpha value is -4.07. The van der Waals surface area contributed by atoms with Crippen LogP contribution in [0.1, 0.15) is 58.8 Å². The van der Waals surface area contributed by atoms with Crippen LogP contribution in [0.3, 0.4) is 0 Å². The lowest BCUT2D eigenvalue weighted by Gasteiger charge is -2.34. The van der Waals surface area contributed by atoms with Crippen LogP contribution in [0.25, 0.3) is 11.9 Å². The van der Waals surface area contributed by atoms with E-state index in [0.717, 1.165) is 37.0 Å². The van der Waals surface area contributed by atoms with E-state index in [1.165, 1.54) is 26.3 Å². The molecule has 0 aliphatic carbocycles. The first kappa shape index (κ1) is 30.0. The van der Waals surface area contributed by atoms with E-state index in [1.54, 1.807) is 19.3 Å². The van der Waals surface area contributed by atoms with Gasteiger partial charge >= 0.3 is 6.18 Å². The Balaban J connectivity index is 1.42. The molecule has 1 fully saturated rings. The van der Waals surface area contributed by atoms with Crippen LogP contribution in [0, 0.1) is 19.8 Å². The van der Waals surface area contributed by atoms with Crippen molar-refractivity contribution < 1.29 is 18.0 Å². The minimum atomic E-state index is -4.64. The maximum absolute atomic E-state index is 14.2. The number of hydrogen-bond acceptors (Lipinski definition) is 7. The molecule has 2 atom stereocenters. The number of halogens is 4. The highest BCUT2D eigenvalue weighted by Crippen LogP contribution is 2.36. The molecular formula is C30H30BrF3N8O2. The molecule has 0 N–H and O–H groups in total. The van der Waals surface area contributed by atoms with Crippen LogP contribution >= 0.6 is 15.9 Å². The fourth-order valence-electron chi connectivity index (χ4n) is 5.88. The third-order valence-electron chi connectivity index (χ3n) is 8.19. The van der Waals surface area contributed by atoms with Gasteiger partial charge in [0.2, 0.25) is 11.9 Å². The SMILES string of the molecule is Cc1cc(C)n(-c2nc3c(c(=O)n2-c2ncc(N4CC[C@@H](C)C4)cn2)C[C@@H](C)N(C(=O)c2ccc(Br)c(C(F)(F)F)c2)C3)n1. The van der Waals surface area contributed by atoms with Gasteiger partial charge in [-0.15, -0.1) is 0 Å². The summed E-state index contributed by atoms with van der Waals surface area (Å²) >= 11 is 2.93. The molecule has 44 heavy (non-hydrogen) atoms. The highest BCUT2D eigenvalue weighted by molar-refractivity contribution is 9.10. The molecule has 0 bridgehead atoms. The van der Waals surface area contributed by atoms with Crippen LogP contribution in [0.5, 0.6) is 0 Å². The Labute approximate surface area is 259 Å². The van der Waals surface area contributed by atoms with Crippen molar-refractivity contribution >= 4 is 27.5 Å². The van der Waals surface area contributed by atoms with Gasteiger partial charge < -0.3 is 9.80 Å². The van der Waals surface area contributed by atoms with Crippen molar-refractivity contribution in [1.82, 2.24) is 34.2 Å². The van der Waals surface area contributed by atoms with Crippen LogP contribution in [0.4, 0.5) is 18.9 Å². The van der Waals surface area contributed by atoms with E-state index < -0.39 is 23.7 Å². The fraction of sp³-hybridized carbons (Fsp3) is 0.400. The number of fused-ring (bicyclic) bond motifs is 1. The van der Waals surface area contributed by atoms with Crippen molar-refractivity contribution in [2.75, 3.05) is 18.0 Å². The number of anilines is 1. The Morgan fingerprint density at radius 1 is 1.09 bits per heavy atom. The molecular weight excluding hydrogens is 641 g/mol. The van der Waals surface area contributed by atoms with Crippen molar-refractivity contribution in [2.45, 2.75) is 59.3 Å². The number of alkyl halides is 3. The van der Waals surface area contributed by atoms with Crippen LogP contribution in [-0.2, 0) is 19.1 Å². The summed E-state index contributed by atoms with van der Waals surface area (Å²) in [5, 5.41) is 4.54. The van der Waals surface area contributed by atoms with Gasteiger partial charge in [-0.05, 0) is 63.8 Å². The topological polar surface area (TPSA) is 102 Å². The molecule has 230 valence electrons. The molecule has 14 heteroatoms. The first-order valence-corrected chi connectivity index (χ1v) is 15.0. The average Bonchev–Trinajstić information content (AvgIpc) is 3.56. The van der Waals surface area contributed by atoms with E-state index in [4.69, 9.17) is 4.98 Å². The molecule has 0 unspecified atom stereocenters. The van der Waals surface area contributed by atoms with Crippen molar-refractivity contribution in [1.29, 1.82) is 0 Å². The van der Waals surface area contributed by atoms with Crippen molar-refractivity contribution in [2.24, 2.45) is 5.92 Å². The molecule has 4 aromatic rings. The molecule has 1 amide bonds. The second kappa shape index (κ2) is 11.1. The molecule has 5 heterocycles. The van der Waals surface area contributed by atoms with Crippen LogP contribution < -0.4 is 10.5 Å². The van der Waals surface area contributed by atoms with Gasteiger partial charge in [-0.2, -0.15) is 18.3 Å². The Bertz CT molecular complexity index is 1820. The number of carbonyl (C=O) groups is 1. The summed E-state index contributed by atoms with van der Waals surface area (Å²) in [5.41, 5.74) is 1.60. The second-order valence-corrected chi connectivity index (χ2v) is 12.4. The van der Waals surface area contributed by atoms with Crippen molar-refractivity contribution in [3.05, 3.63) is 85.3 Å². The number of benzene rings is 1. The van der Waals surface area contributed by atoms with Crippen LogP contribution in [-0.4, -0.2) is 59.2 Å². The molecule has 0 spiro atoms. The van der Waals surface area contributed by atoms with Crippen molar-refractivity contribution in [3.63, 3.8) is 0 Å². The van der Waals surface area contributed by atoms with Gasteiger partial charge in [0.25, 0.3) is 11.5 Å². The summed E-state index contributed by atoms with van der Waals surface area (Å²) < 4.78 is 43.4. The normalized spacial score (nSPS) is 18.5. The number of nitrogens with zero attached hydrogens (tertiary/aromatic N) is 8. The van der Waals surface area contributed by atoms with Gasteiger partial charge in [0.15, 0.2) is 0 Å². The smallest absolute Gasteiger partial charge is 0.369 e. The fourth-order valence-corrected chi connectivity index (χ4v) is 6.35. The number of aryl methyl sites for hydroxylation is 2. The number of carbonyl (C=O) groups excluding carboxylic acids is 1. The largest absolute Gasteiger partial charge is 0.417 e. The number of aromatic nitrogens is 6. The lowest BCUT2D eigenvalue weighted by atomic mass is 9.98. The molecule has 3 aromatic heterocycles. The zero-order valence-electron chi connectivity index (χ0n) is 24.6. The predicted molar refractivity (Wildman–Crippen MR) is 160 cm³/mol. The van der Waals surface area contributed by atoms with Gasteiger partial charge in [-0.1, -0.05) is 22.9 Å². The molecule has 0 radical (unpaired) electrons. The Morgan fingerprint density at radius 2 is 1.82 bits per heavy atom. The summed E-state index contributed by atoms with van der Waals surface area (Å²) in [7, 11) is 0. The molecule has 10 nitrogen and oxygen atoms in total. The lowest BCUT2D eigenvalue weighted by molar-refractivity contribution is -0.138. The zero-order valence-corrected chi connectivity index (χ0v) is 26.1. The Kier molecular flexibility index (Phi) is 7.58. The molecule has 2 aliphatic heterocycles. The maximum atomic E-state index is 14.2. The molecule has 1 aromatic carbocycles. The van der Waals surface area contributed by atoms with E-state index in [-0.39, 0.29) is 40.5 Å². The van der Waals surface area contributed by atoms with E-state index in [2.05, 4.69) is 42.8 Å². The second-order valence-electron chi connectivity index (χ2n) is 11.6. The third kappa shape index (κ3) is 5.39. The summed E-state index contributed by atoms with van der Waals surface area (Å²) in [6.45, 7) is 9.35. The van der Waals surface area contributed by atoms with Gasteiger partial charge in [-0.3, -0.25) is 9.59 Å². The number of amides is 1. The van der Waals surface area contributed by atoms with Gasteiger partial charge in [0.05, 0.1) is 41.6 Å². The summed E-state index contributed by atoms with van der Waals surface area (Å²) in [6, 6.07) is 4.76. The van der Waals surface area contributed by atoms with E-state index in [0.29, 0.717) is 22.9 Å². The highest BCUT2D eigenvalue weighted by Gasteiger charge is 2.36. The third-order valence-corrected chi connectivity index (χ3v) is 8.88. The van der Waals surface area contributed by atoms with Crippen LogP contribution in [0.2, 0.25) is 0 Å². The maximum Gasteiger partial charge on any atom is 0.417 e. The summed E-state index contributed by atoms with van der Waals surface area (Å²) in [6.07, 6.45) is 0.00280. The van der Waals surface area contributed by atoms with Crippen molar-refractivity contribution in [3.8, 4) is 11.9 Å². The Morgan fingerprint density at radius 3 is 2.43 bits per heavy atom. The standard InChI is InChI=1S/C30H30BrF3N8O2/c1-16-7-8-39(14-16)21-12-35-28(36-13-21)41-27(44)22-10-18(3)40(15-25(22)37-29(41)42-19(4)9-17(2)38-42)26(43)20-5-6-24(31)23(11-20)30(32,33)34/h5-6,9,11-13,16,18H,7-8,10,14-15H2,1-4H3/t16-,18-/m1/s1. The quantitative estimate of drug-likeness (QED) is 0.300. The molecule has 2 aliphatic rings. The van der Waals surface area contributed by atoms with E-state index in [1.807, 2.05) is 19.9 Å². The molecule has 6 rings (SSSR count). The average molecular weight is 672 g/mol. The van der Waals surface area contributed by atoms with Crippen LogP contribution in [0.15, 0.2) is 45.9 Å². The monoisotopic (exact) mass is 670 g/mol. The molecule has 0 saturated carbocycles. The first-order chi connectivity index (χ1) is 20.8. The number of hydrogen-bond donors (Lipinski definition) is 0. The van der Waals surface area contributed by atoms with Gasteiger partial charge in [0.1, 0.15) is 0 Å². The van der Waals surface area contributed by atoms with Gasteiger partial charge in [0, 0.05) is 40.4 Å². The molecule has 1 saturated heterocycles. The predicted octanol–water partition coefficient (Wildman–Crippen LogP) is 5.04. The zero-order chi connectivity index (χ0) is 31.5. The lowest BCUT2D eigenvalue weighted by Crippen LogP contribution is -2.46. The minimum Gasteiger partial charge on any atom is -0.369 e. The summed E-state index contributed by atoms with van der Waals surface area (Å²) in [4.78, 5) is 45.3. The van der Waals surface area contributed by atoms with E-state index >= 15 is 0 Å². The van der Waals surface area contributed by atoms with Gasteiger partial charge in [-0.25, -0.2) is 24.2 Å². The summed E-state index contributed by atoms with van der Waals surface area (Å²) in [5.74, 6) is 0.287. The van der Waals surface area contributed by atoms with E-state index in [9.17, 15) is 22.8 Å². The number of rotatable bonds is 4. The highest BCUT2D eigenvalue weighted by atomic mass is 79.9.